The number of hydrogen-bond acceptors (Lipinski definition) is 3. The van der Waals surface area contributed by atoms with E-state index in [0.29, 0.717) is 0 Å². The van der Waals surface area contributed by atoms with Crippen molar-refractivity contribution in [1.82, 2.24) is 15.3 Å². The minimum atomic E-state index is 0.172. The van der Waals surface area contributed by atoms with E-state index in [1.165, 1.54) is 11.1 Å². The Balaban J connectivity index is 2.31. The summed E-state index contributed by atoms with van der Waals surface area (Å²) < 4.78 is 0. The van der Waals surface area contributed by atoms with Crippen LogP contribution in [0.25, 0.3) is 0 Å². The summed E-state index contributed by atoms with van der Waals surface area (Å²) in [4.78, 5) is 8.22. The number of aryl methyl sites for hydroxylation is 1. The van der Waals surface area contributed by atoms with Crippen LogP contribution in [-0.4, -0.2) is 16.5 Å². The quantitative estimate of drug-likeness (QED) is 0.874. The molecule has 0 aliphatic carbocycles. The number of aromatic nitrogens is 2. The maximum Gasteiger partial charge on any atom is 0.115 e. The van der Waals surface area contributed by atoms with E-state index in [2.05, 4.69) is 53.4 Å². The Morgan fingerprint density at radius 3 is 2.61 bits per heavy atom. The van der Waals surface area contributed by atoms with E-state index in [1.807, 2.05) is 12.4 Å². The molecule has 0 fully saturated rings. The van der Waals surface area contributed by atoms with Crippen LogP contribution in [0, 0.1) is 6.92 Å². The summed E-state index contributed by atoms with van der Waals surface area (Å²) in [7, 11) is 0. The molecule has 0 aliphatic rings. The molecule has 0 amide bonds. The average molecular weight is 241 g/mol. The summed E-state index contributed by atoms with van der Waals surface area (Å²) in [6.07, 6.45) is 6.43. The predicted octanol–water partition coefficient (Wildman–Crippen LogP) is 2.87. The van der Waals surface area contributed by atoms with E-state index in [-0.39, 0.29) is 6.04 Å². The molecule has 0 spiro atoms. The van der Waals surface area contributed by atoms with Gasteiger partial charge in [0.15, 0.2) is 0 Å². The van der Waals surface area contributed by atoms with E-state index in [1.54, 1.807) is 6.33 Å². The lowest BCUT2D eigenvalue weighted by Gasteiger charge is -2.19. The smallest absolute Gasteiger partial charge is 0.115 e. The molecule has 3 heteroatoms. The zero-order chi connectivity index (χ0) is 12.8. The van der Waals surface area contributed by atoms with Gasteiger partial charge in [-0.25, -0.2) is 9.97 Å². The van der Waals surface area contributed by atoms with Gasteiger partial charge in [-0.3, -0.25) is 0 Å². The second-order valence-electron chi connectivity index (χ2n) is 4.47. The average Bonchev–Trinajstić information content (AvgIpc) is 2.40. The van der Waals surface area contributed by atoms with Crippen molar-refractivity contribution in [3.63, 3.8) is 0 Å². The fraction of sp³-hybridized carbons (Fsp3) is 0.333. The first-order chi connectivity index (χ1) is 8.81. The molecule has 1 atom stereocenters. The first-order valence-electron chi connectivity index (χ1n) is 6.36. The van der Waals surface area contributed by atoms with E-state index in [0.717, 1.165) is 18.5 Å². The molecular formula is C15H19N3. The topological polar surface area (TPSA) is 37.8 Å². The number of hydrogen-bond donors (Lipinski definition) is 1. The second kappa shape index (κ2) is 6.26. The summed E-state index contributed by atoms with van der Waals surface area (Å²) in [6.45, 7) is 5.26. The van der Waals surface area contributed by atoms with Crippen molar-refractivity contribution in [2.45, 2.75) is 26.3 Å². The Labute approximate surface area is 108 Å². The van der Waals surface area contributed by atoms with Crippen LogP contribution in [0.5, 0.6) is 0 Å². The first kappa shape index (κ1) is 12.7. The fourth-order valence-electron chi connectivity index (χ4n) is 2.03. The van der Waals surface area contributed by atoms with Crippen molar-refractivity contribution in [2.75, 3.05) is 6.54 Å². The van der Waals surface area contributed by atoms with Crippen molar-refractivity contribution in [1.29, 1.82) is 0 Å². The highest BCUT2D eigenvalue weighted by molar-refractivity contribution is 5.31. The lowest BCUT2D eigenvalue weighted by atomic mass is 9.99. The van der Waals surface area contributed by atoms with Gasteiger partial charge in [0.25, 0.3) is 0 Å². The molecule has 1 aromatic carbocycles. The lowest BCUT2D eigenvalue weighted by molar-refractivity contribution is 0.595. The van der Waals surface area contributed by atoms with Gasteiger partial charge < -0.3 is 5.32 Å². The SMILES string of the molecule is CCCNC(c1cncnc1)c1cccc(C)c1. The highest BCUT2D eigenvalue weighted by Crippen LogP contribution is 2.21. The third-order valence-electron chi connectivity index (χ3n) is 2.89. The predicted molar refractivity (Wildman–Crippen MR) is 73.3 cm³/mol. The molecule has 2 aromatic rings. The van der Waals surface area contributed by atoms with E-state index in [4.69, 9.17) is 0 Å². The molecule has 0 radical (unpaired) electrons. The highest BCUT2D eigenvalue weighted by atomic mass is 14.9. The molecule has 0 bridgehead atoms. The molecule has 0 saturated heterocycles. The van der Waals surface area contributed by atoms with Crippen LogP contribution < -0.4 is 5.32 Å². The maximum absolute atomic E-state index is 4.11. The summed E-state index contributed by atoms with van der Waals surface area (Å²) in [6, 6.07) is 8.73. The Morgan fingerprint density at radius 1 is 1.17 bits per heavy atom. The van der Waals surface area contributed by atoms with E-state index >= 15 is 0 Å². The van der Waals surface area contributed by atoms with E-state index in [9.17, 15) is 0 Å². The van der Waals surface area contributed by atoms with Gasteiger partial charge in [-0.2, -0.15) is 0 Å². The van der Waals surface area contributed by atoms with Crippen molar-refractivity contribution in [3.8, 4) is 0 Å². The van der Waals surface area contributed by atoms with Crippen molar-refractivity contribution < 1.29 is 0 Å². The van der Waals surface area contributed by atoms with Crippen molar-refractivity contribution in [3.05, 3.63) is 59.7 Å². The number of nitrogens with one attached hydrogen (secondary N) is 1. The maximum atomic E-state index is 4.11. The van der Waals surface area contributed by atoms with Gasteiger partial charge in [-0.05, 0) is 25.5 Å². The lowest BCUT2D eigenvalue weighted by Crippen LogP contribution is -2.23. The van der Waals surface area contributed by atoms with Gasteiger partial charge in [0.1, 0.15) is 6.33 Å². The number of benzene rings is 1. The van der Waals surface area contributed by atoms with Crippen LogP contribution in [-0.2, 0) is 0 Å². The zero-order valence-electron chi connectivity index (χ0n) is 10.9. The van der Waals surface area contributed by atoms with Gasteiger partial charge >= 0.3 is 0 Å². The van der Waals surface area contributed by atoms with Gasteiger partial charge in [0, 0.05) is 18.0 Å². The van der Waals surface area contributed by atoms with Gasteiger partial charge in [-0.15, -0.1) is 0 Å². The molecule has 0 aliphatic heterocycles. The summed E-state index contributed by atoms with van der Waals surface area (Å²) in [5.74, 6) is 0. The van der Waals surface area contributed by atoms with Gasteiger partial charge in [0.05, 0.1) is 6.04 Å². The van der Waals surface area contributed by atoms with Gasteiger partial charge in [0.2, 0.25) is 0 Å². The number of rotatable bonds is 5. The van der Waals surface area contributed by atoms with Crippen molar-refractivity contribution in [2.24, 2.45) is 0 Å². The third-order valence-corrected chi connectivity index (χ3v) is 2.89. The van der Waals surface area contributed by atoms with Crippen LogP contribution in [0.15, 0.2) is 43.0 Å². The Kier molecular flexibility index (Phi) is 4.42. The minimum absolute atomic E-state index is 0.172. The fourth-order valence-corrected chi connectivity index (χ4v) is 2.03. The first-order valence-corrected chi connectivity index (χ1v) is 6.36. The Bertz CT molecular complexity index is 482. The largest absolute Gasteiger partial charge is 0.306 e. The normalized spacial score (nSPS) is 12.3. The Morgan fingerprint density at radius 2 is 1.94 bits per heavy atom. The second-order valence-corrected chi connectivity index (χ2v) is 4.47. The summed E-state index contributed by atoms with van der Waals surface area (Å²) >= 11 is 0. The molecule has 2 rings (SSSR count). The molecule has 3 nitrogen and oxygen atoms in total. The summed E-state index contributed by atoms with van der Waals surface area (Å²) in [5.41, 5.74) is 3.64. The van der Waals surface area contributed by atoms with Crippen LogP contribution in [0.3, 0.4) is 0 Å². The number of nitrogens with zero attached hydrogens (tertiary/aromatic N) is 2. The highest BCUT2D eigenvalue weighted by Gasteiger charge is 2.13. The van der Waals surface area contributed by atoms with Crippen LogP contribution >= 0.6 is 0 Å². The van der Waals surface area contributed by atoms with Crippen molar-refractivity contribution >= 4 is 0 Å². The molecule has 1 N–H and O–H groups in total. The molecule has 1 heterocycles. The molecule has 94 valence electrons. The zero-order valence-corrected chi connectivity index (χ0v) is 10.9. The van der Waals surface area contributed by atoms with Gasteiger partial charge in [-0.1, -0.05) is 36.8 Å². The molecule has 0 saturated carbocycles. The minimum Gasteiger partial charge on any atom is -0.306 e. The van der Waals surface area contributed by atoms with E-state index < -0.39 is 0 Å². The van der Waals surface area contributed by atoms with Crippen LogP contribution in [0.2, 0.25) is 0 Å². The molecular weight excluding hydrogens is 222 g/mol. The van der Waals surface area contributed by atoms with Crippen LogP contribution in [0.1, 0.15) is 36.1 Å². The molecule has 1 unspecified atom stereocenters. The molecule has 18 heavy (non-hydrogen) atoms. The third kappa shape index (κ3) is 3.14. The summed E-state index contributed by atoms with van der Waals surface area (Å²) in [5, 5.41) is 3.55. The Hall–Kier alpha value is -1.74. The van der Waals surface area contributed by atoms with Crippen LogP contribution in [0.4, 0.5) is 0 Å². The molecule has 1 aromatic heterocycles. The standard InChI is InChI=1S/C15H19N3/c1-3-7-18-15(14-9-16-11-17-10-14)13-6-4-5-12(2)8-13/h4-6,8-11,15,18H,3,7H2,1-2H3. The monoisotopic (exact) mass is 241 g/mol.